The fourth-order valence-corrected chi connectivity index (χ4v) is 3.24. The smallest absolute Gasteiger partial charge is 0.235 e. The van der Waals surface area contributed by atoms with E-state index >= 15 is 0 Å². The number of hydrogen-bond donors (Lipinski definition) is 2. The molecule has 0 spiro atoms. The molecule has 0 aliphatic heterocycles. The van der Waals surface area contributed by atoms with E-state index in [0.717, 1.165) is 24.0 Å². The number of nitriles is 1. The SMILES string of the molecule is Cc1ccc([C@H](NCC(=O)N[C@](C)(C#N)C2CC2)c2ccccc2)cc1. The van der Waals surface area contributed by atoms with Crippen molar-refractivity contribution >= 4 is 5.91 Å². The largest absolute Gasteiger partial charge is 0.337 e. The normalized spacial score (nSPS) is 17.0. The molecule has 4 nitrogen and oxygen atoms in total. The highest BCUT2D eigenvalue weighted by atomic mass is 16.2. The Balaban J connectivity index is 1.71. The average molecular weight is 347 g/mol. The van der Waals surface area contributed by atoms with Crippen LogP contribution < -0.4 is 10.6 Å². The Hall–Kier alpha value is -2.64. The van der Waals surface area contributed by atoms with Crippen LogP contribution in [0.2, 0.25) is 0 Å². The summed E-state index contributed by atoms with van der Waals surface area (Å²) in [6.45, 7) is 4.04. The maximum absolute atomic E-state index is 12.4. The molecule has 3 rings (SSSR count). The van der Waals surface area contributed by atoms with Gasteiger partial charge in [0.05, 0.1) is 18.7 Å². The first kappa shape index (κ1) is 18.2. The molecule has 134 valence electrons. The zero-order valence-electron chi connectivity index (χ0n) is 15.3. The Labute approximate surface area is 155 Å². The van der Waals surface area contributed by atoms with E-state index in [9.17, 15) is 10.1 Å². The number of amides is 1. The van der Waals surface area contributed by atoms with Crippen molar-refractivity contribution in [1.29, 1.82) is 5.26 Å². The summed E-state index contributed by atoms with van der Waals surface area (Å²) in [5.41, 5.74) is 2.66. The molecule has 0 bridgehead atoms. The molecule has 26 heavy (non-hydrogen) atoms. The molecular weight excluding hydrogens is 322 g/mol. The Morgan fingerprint density at radius 2 is 1.77 bits per heavy atom. The zero-order chi connectivity index (χ0) is 18.6. The van der Waals surface area contributed by atoms with E-state index in [0.29, 0.717) is 0 Å². The minimum Gasteiger partial charge on any atom is -0.337 e. The number of nitrogens with one attached hydrogen (secondary N) is 2. The molecule has 1 aliphatic carbocycles. The highest BCUT2D eigenvalue weighted by molar-refractivity contribution is 5.79. The van der Waals surface area contributed by atoms with Crippen molar-refractivity contribution in [3.63, 3.8) is 0 Å². The third kappa shape index (κ3) is 4.30. The maximum atomic E-state index is 12.4. The van der Waals surface area contributed by atoms with Crippen molar-refractivity contribution in [3.8, 4) is 6.07 Å². The summed E-state index contributed by atoms with van der Waals surface area (Å²) in [5.74, 6) is 0.132. The number of carbonyl (C=O) groups is 1. The standard InChI is InChI=1S/C22H25N3O/c1-16-8-10-18(11-9-16)21(17-6-4-3-5-7-17)24-14-20(26)25-22(2,15-23)19-12-13-19/h3-11,19,21,24H,12-14H2,1-2H3,(H,25,26)/t21-,22-/m1/s1. The van der Waals surface area contributed by atoms with Gasteiger partial charge in [0.25, 0.3) is 0 Å². The number of aryl methyl sites for hydroxylation is 1. The van der Waals surface area contributed by atoms with Crippen LogP contribution >= 0.6 is 0 Å². The van der Waals surface area contributed by atoms with Gasteiger partial charge in [-0.05, 0) is 43.7 Å². The first-order valence-electron chi connectivity index (χ1n) is 9.09. The lowest BCUT2D eigenvalue weighted by atomic mass is 9.97. The van der Waals surface area contributed by atoms with Gasteiger partial charge in [-0.15, -0.1) is 0 Å². The number of carbonyl (C=O) groups excluding carboxylic acids is 1. The number of hydrogen-bond acceptors (Lipinski definition) is 3. The van der Waals surface area contributed by atoms with Crippen LogP contribution in [0, 0.1) is 24.2 Å². The molecule has 1 fully saturated rings. The van der Waals surface area contributed by atoms with Crippen LogP contribution in [0.15, 0.2) is 54.6 Å². The molecule has 0 saturated heterocycles. The van der Waals surface area contributed by atoms with Crippen molar-refractivity contribution in [1.82, 2.24) is 10.6 Å². The second-order valence-corrected chi connectivity index (χ2v) is 7.27. The van der Waals surface area contributed by atoms with Gasteiger partial charge in [0.15, 0.2) is 0 Å². The number of nitrogens with zero attached hydrogens (tertiary/aromatic N) is 1. The highest BCUT2D eigenvalue weighted by Gasteiger charge is 2.42. The second kappa shape index (κ2) is 7.72. The van der Waals surface area contributed by atoms with E-state index in [1.165, 1.54) is 5.56 Å². The van der Waals surface area contributed by atoms with Gasteiger partial charge < -0.3 is 5.32 Å². The van der Waals surface area contributed by atoms with Crippen LogP contribution in [0.3, 0.4) is 0 Å². The van der Waals surface area contributed by atoms with Gasteiger partial charge in [-0.25, -0.2) is 0 Å². The minimum atomic E-state index is -0.759. The number of benzene rings is 2. The second-order valence-electron chi connectivity index (χ2n) is 7.27. The third-order valence-electron chi connectivity index (χ3n) is 5.04. The molecule has 2 N–H and O–H groups in total. The van der Waals surface area contributed by atoms with Gasteiger partial charge in [-0.1, -0.05) is 60.2 Å². The summed E-state index contributed by atoms with van der Waals surface area (Å²) in [7, 11) is 0. The van der Waals surface area contributed by atoms with Crippen molar-refractivity contribution in [2.75, 3.05) is 6.54 Å². The summed E-state index contributed by atoms with van der Waals surface area (Å²) in [6.07, 6.45) is 2.02. The average Bonchev–Trinajstić information content (AvgIpc) is 3.50. The monoisotopic (exact) mass is 347 g/mol. The Kier molecular flexibility index (Phi) is 5.39. The van der Waals surface area contributed by atoms with Crippen molar-refractivity contribution in [3.05, 3.63) is 71.3 Å². The summed E-state index contributed by atoms with van der Waals surface area (Å²) in [6, 6.07) is 20.6. The predicted molar refractivity (Wildman–Crippen MR) is 102 cm³/mol. The van der Waals surface area contributed by atoms with Crippen molar-refractivity contribution < 1.29 is 4.79 Å². The Morgan fingerprint density at radius 1 is 1.15 bits per heavy atom. The van der Waals surface area contributed by atoms with Gasteiger partial charge in [0.1, 0.15) is 5.54 Å². The van der Waals surface area contributed by atoms with E-state index in [2.05, 4.69) is 60.0 Å². The van der Waals surface area contributed by atoms with Gasteiger partial charge in [-0.3, -0.25) is 10.1 Å². The predicted octanol–water partition coefficient (Wildman–Crippen LogP) is 3.48. The van der Waals surface area contributed by atoms with Crippen LogP contribution in [0.25, 0.3) is 0 Å². The topological polar surface area (TPSA) is 64.9 Å². The molecule has 2 aromatic carbocycles. The fraction of sp³-hybridized carbons (Fsp3) is 0.364. The van der Waals surface area contributed by atoms with E-state index in [1.54, 1.807) is 0 Å². The lowest BCUT2D eigenvalue weighted by Crippen LogP contribution is -2.49. The van der Waals surface area contributed by atoms with Crippen LogP contribution in [-0.2, 0) is 4.79 Å². The van der Waals surface area contributed by atoms with Gasteiger partial charge in [0.2, 0.25) is 5.91 Å². The summed E-state index contributed by atoms with van der Waals surface area (Å²) in [5, 5.41) is 15.7. The molecule has 4 heteroatoms. The molecule has 0 heterocycles. The van der Waals surface area contributed by atoms with Crippen molar-refractivity contribution in [2.45, 2.75) is 38.3 Å². The molecule has 2 aromatic rings. The summed E-state index contributed by atoms with van der Waals surface area (Å²) >= 11 is 0. The number of rotatable bonds is 7. The fourth-order valence-electron chi connectivity index (χ4n) is 3.24. The van der Waals surface area contributed by atoms with Gasteiger partial charge in [0, 0.05) is 0 Å². The summed E-state index contributed by atoms with van der Waals surface area (Å²) in [4.78, 5) is 12.4. The molecule has 1 aliphatic rings. The van der Waals surface area contributed by atoms with E-state index in [1.807, 2.05) is 25.1 Å². The maximum Gasteiger partial charge on any atom is 0.235 e. The quantitative estimate of drug-likeness (QED) is 0.806. The van der Waals surface area contributed by atoms with Crippen LogP contribution in [0.4, 0.5) is 0 Å². The Bertz CT molecular complexity index is 790. The Morgan fingerprint density at radius 3 is 2.35 bits per heavy atom. The van der Waals surface area contributed by atoms with Crippen LogP contribution in [0.1, 0.15) is 42.5 Å². The summed E-state index contributed by atoms with van der Waals surface area (Å²) < 4.78 is 0. The molecule has 0 radical (unpaired) electrons. The lowest BCUT2D eigenvalue weighted by Gasteiger charge is -2.25. The van der Waals surface area contributed by atoms with Crippen LogP contribution in [0.5, 0.6) is 0 Å². The minimum absolute atomic E-state index is 0.0724. The first-order chi connectivity index (χ1) is 12.5. The molecule has 0 unspecified atom stereocenters. The molecular formula is C22H25N3O. The zero-order valence-corrected chi connectivity index (χ0v) is 15.3. The van der Waals surface area contributed by atoms with Crippen molar-refractivity contribution in [2.24, 2.45) is 5.92 Å². The van der Waals surface area contributed by atoms with E-state index in [-0.39, 0.29) is 24.4 Å². The van der Waals surface area contributed by atoms with E-state index < -0.39 is 5.54 Å². The highest BCUT2D eigenvalue weighted by Crippen LogP contribution is 2.39. The first-order valence-corrected chi connectivity index (χ1v) is 9.09. The van der Waals surface area contributed by atoms with Crippen LogP contribution in [-0.4, -0.2) is 18.0 Å². The lowest BCUT2D eigenvalue weighted by molar-refractivity contribution is -0.121. The molecule has 2 atom stereocenters. The molecule has 0 aromatic heterocycles. The molecule has 1 amide bonds. The third-order valence-corrected chi connectivity index (χ3v) is 5.04. The molecule has 1 saturated carbocycles. The van der Waals surface area contributed by atoms with Gasteiger partial charge >= 0.3 is 0 Å². The van der Waals surface area contributed by atoms with Gasteiger partial charge in [-0.2, -0.15) is 5.26 Å². The van der Waals surface area contributed by atoms with E-state index in [4.69, 9.17) is 0 Å².